The van der Waals surface area contributed by atoms with Crippen molar-refractivity contribution in [1.82, 2.24) is 4.90 Å². The Kier molecular flexibility index (Phi) is 4.59. The summed E-state index contributed by atoms with van der Waals surface area (Å²) in [5.41, 5.74) is 2.08. The predicted octanol–water partition coefficient (Wildman–Crippen LogP) is 2.64. The third-order valence-corrected chi connectivity index (χ3v) is 3.83. The smallest absolute Gasteiger partial charge is 0.0934 e. The van der Waals surface area contributed by atoms with E-state index in [9.17, 15) is 5.11 Å². The Balaban J connectivity index is 2.11. The largest absolute Gasteiger partial charge is 0.393 e. The highest BCUT2D eigenvalue weighted by molar-refractivity contribution is 5.66. The van der Waals surface area contributed by atoms with Crippen LogP contribution in [0.15, 0.2) is 36.4 Å². The van der Waals surface area contributed by atoms with E-state index in [0.717, 1.165) is 37.2 Å². The minimum absolute atomic E-state index is 0.234. The summed E-state index contributed by atoms with van der Waals surface area (Å²) in [5.74, 6) is 0.385. The van der Waals surface area contributed by atoms with Crippen LogP contribution in [0.3, 0.4) is 0 Å². The zero-order chi connectivity index (χ0) is 13.7. The van der Waals surface area contributed by atoms with E-state index in [1.807, 2.05) is 37.3 Å². The van der Waals surface area contributed by atoms with Crippen molar-refractivity contribution in [2.75, 3.05) is 13.1 Å². The van der Waals surface area contributed by atoms with E-state index < -0.39 is 0 Å². The number of likely N-dealkylation sites (tertiary alicyclic amines) is 1. The molecular weight excluding hydrogens is 236 g/mol. The van der Waals surface area contributed by atoms with Crippen LogP contribution in [0.1, 0.15) is 25.3 Å². The zero-order valence-electron chi connectivity index (χ0n) is 11.3. The Morgan fingerprint density at radius 2 is 2.00 bits per heavy atom. The number of aliphatic hydroxyl groups is 1. The first-order valence-corrected chi connectivity index (χ1v) is 6.80. The second-order valence-corrected chi connectivity index (χ2v) is 5.09. The van der Waals surface area contributed by atoms with Gasteiger partial charge in [0.15, 0.2) is 0 Å². The fourth-order valence-corrected chi connectivity index (χ4v) is 2.65. The molecule has 1 unspecified atom stereocenters. The molecule has 1 fully saturated rings. The lowest BCUT2D eigenvalue weighted by Gasteiger charge is -2.36. The molecule has 3 nitrogen and oxygen atoms in total. The lowest BCUT2D eigenvalue weighted by Crippen LogP contribution is -2.36. The Labute approximate surface area is 114 Å². The van der Waals surface area contributed by atoms with E-state index >= 15 is 0 Å². The summed E-state index contributed by atoms with van der Waals surface area (Å²) in [6.07, 6.45) is 3.35. The zero-order valence-corrected chi connectivity index (χ0v) is 11.3. The quantitative estimate of drug-likeness (QED) is 0.846. The van der Waals surface area contributed by atoms with Crippen LogP contribution in [0.25, 0.3) is 5.70 Å². The van der Waals surface area contributed by atoms with Gasteiger partial charge in [0.1, 0.15) is 0 Å². The van der Waals surface area contributed by atoms with Crippen LogP contribution in [-0.4, -0.2) is 29.2 Å². The van der Waals surface area contributed by atoms with Crippen molar-refractivity contribution >= 4 is 5.70 Å². The molecule has 1 aromatic rings. The van der Waals surface area contributed by atoms with Crippen LogP contribution in [-0.2, 0) is 0 Å². The number of nitrogens with zero attached hydrogens (tertiary/aromatic N) is 2. The van der Waals surface area contributed by atoms with Crippen molar-refractivity contribution in [3.63, 3.8) is 0 Å². The molecule has 0 radical (unpaired) electrons. The van der Waals surface area contributed by atoms with Gasteiger partial charge in [0.05, 0.1) is 17.9 Å². The first-order chi connectivity index (χ1) is 9.22. The van der Waals surface area contributed by atoms with Gasteiger partial charge in [-0.15, -0.1) is 0 Å². The highest BCUT2D eigenvalue weighted by atomic mass is 16.3. The lowest BCUT2D eigenvalue weighted by atomic mass is 9.91. The summed E-state index contributed by atoms with van der Waals surface area (Å²) in [4.78, 5) is 2.25. The standard InChI is InChI=1S/C16H20N2O/c1-13(19)14-8-11-18(12-9-14)16(7-10-17)15-5-3-2-4-6-15/h2-7,13-14,19H,8-9,11-12H2,1H3/b16-7+. The molecule has 0 saturated carbocycles. The molecule has 1 heterocycles. The van der Waals surface area contributed by atoms with Gasteiger partial charge in [0.2, 0.25) is 0 Å². The molecule has 0 aromatic heterocycles. The molecule has 3 heteroatoms. The summed E-state index contributed by atoms with van der Waals surface area (Å²) in [5, 5.41) is 18.6. The molecule has 1 atom stereocenters. The molecule has 1 N–H and O–H groups in total. The van der Waals surface area contributed by atoms with E-state index in [1.54, 1.807) is 6.08 Å². The Morgan fingerprint density at radius 3 is 2.53 bits per heavy atom. The minimum Gasteiger partial charge on any atom is -0.393 e. The summed E-state index contributed by atoms with van der Waals surface area (Å²) in [6, 6.07) is 12.2. The third-order valence-electron chi connectivity index (χ3n) is 3.83. The summed E-state index contributed by atoms with van der Waals surface area (Å²) >= 11 is 0. The predicted molar refractivity (Wildman–Crippen MR) is 76.0 cm³/mol. The molecule has 19 heavy (non-hydrogen) atoms. The highest BCUT2D eigenvalue weighted by Gasteiger charge is 2.24. The van der Waals surface area contributed by atoms with Crippen molar-refractivity contribution in [1.29, 1.82) is 5.26 Å². The molecule has 2 rings (SSSR count). The number of nitriles is 1. The van der Waals surface area contributed by atoms with Gasteiger partial charge in [0.25, 0.3) is 0 Å². The molecule has 0 amide bonds. The van der Waals surface area contributed by atoms with E-state index in [-0.39, 0.29) is 6.10 Å². The van der Waals surface area contributed by atoms with Crippen LogP contribution in [0.2, 0.25) is 0 Å². The Bertz CT molecular complexity index is 465. The van der Waals surface area contributed by atoms with E-state index in [2.05, 4.69) is 11.0 Å². The highest BCUT2D eigenvalue weighted by Crippen LogP contribution is 2.27. The molecule has 1 aromatic carbocycles. The van der Waals surface area contributed by atoms with Crippen molar-refractivity contribution in [3.8, 4) is 6.07 Å². The number of hydrogen-bond acceptors (Lipinski definition) is 3. The number of allylic oxidation sites excluding steroid dienone is 1. The van der Waals surface area contributed by atoms with Gasteiger partial charge >= 0.3 is 0 Å². The maximum Gasteiger partial charge on any atom is 0.0934 e. The minimum atomic E-state index is -0.234. The molecule has 0 bridgehead atoms. The number of aliphatic hydroxyl groups excluding tert-OH is 1. The lowest BCUT2D eigenvalue weighted by molar-refractivity contribution is 0.0870. The molecule has 1 saturated heterocycles. The molecular formula is C16H20N2O. The van der Waals surface area contributed by atoms with Crippen LogP contribution in [0, 0.1) is 17.2 Å². The van der Waals surface area contributed by atoms with Gasteiger partial charge in [-0.3, -0.25) is 0 Å². The first-order valence-electron chi connectivity index (χ1n) is 6.80. The van der Waals surface area contributed by atoms with Crippen LogP contribution in [0.4, 0.5) is 0 Å². The first kappa shape index (κ1) is 13.6. The van der Waals surface area contributed by atoms with Gasteiger partial charge in [-0.05, 0) is 31.2 Å². The van der Waals surface area contributed by atoms with Crippen molar-refractivity contribution in [2.45, 2.75) is 25.9 Å². The molecule has 1 aliphatic rings. The fraction of sp³-hybridized carbons (Fsp3) is 0.438. The average Bonchev–Trinajstić information content (AvgIpc) is 2.46. The number of rotatable bonds is 3. The number of benzene rings is 1. The van der Waals surface area contributed by atoms with E-state index in [1.165, 1.54) is 0 Å². The monoisotopic (exact) mass is 256 g/mol. The van der Waals surface area contributed by atoms with Crippen molar-refractivity contribution < 1.29 is 5.11 Å². The van der Waals surface area contributed by atoms with Crippen molar-refractivity contribution in [2.24, 2.45) is 5.92 Å². The number of hydrogen-bond donors (Lipinski definition) is 1. The maximum atomic E-state index is 9.64. The van der Waals surface area contributed by atoms with Gasteiger partial charge < -0.3 is 10.0 Å². The van der Waals surface area contributed by atoms with Crippen LogP contribution < -0.4 is 0 Å². The second kappa shape index (κ2) is 6.40. The van der Waals surface area contributed by atoms with Gasteiger partial charge in [-0.2, -0.15) is 5.26 Å². The fourth-order valence-electron chi connectivity index (χ4n) is 2.65. The SMILES string of the molecule is CC(O)C1CCN(/C(=C/C#N)c2ccccc2)CC1. The summed E-state index contributed by atoms with van der Waals surface area (Å²) in [6.45, 7) is 3.67. The Morgan fingerprint density at radius 1 is 1.37 bits per heavy atom. The molecule has 100 valence electrons. The maximum absolute atomic E-state index is 9.64. The topological polar surface area (TPSA) is 47.3 Å². The van der Waals surface area contributed by atoms with Gasteiger partial charge in [-0.25, -0.2) is 0 Å². The van der Waals surface area contributed by atoms with Gasteiger partial charge in [0, 0.05) is 19.2 Å². The third kappa shape index (κ3) is 3.36. The molecule has 1 aliphatic heterocycles. The normalized spacial score (nSPS) is 19.0. The summed E-state index contributed by atoms with van der Waals surface area (Å²) < 4.78 is 0. The Hall–Kier alpha value is -1.79. The van der Waals surface area contributed by atoms with E-state index in [0.29, 0.717) is 5.92 Å². The summed E-state index contributed by atoms with van der Waals surface area (Å²) in [7, 11) is 0. The average molecular weight is 256 g/mol. The second-order valence-electron chi connectivity index (χ2n) is 5.09. The number of piperidine rings is 1. The molecule has 0 spiro atoms. The van der Waals surface area contributed by atoms with Crippen molar-refractivity contribution in [3.05, 3.63) is 42.0 Å². The van der Waals surface area contributed by atoms with Gasteiger partial charge in [-0.1, -0.05) is 30.3 Å². The van der Waals surface area contributed by atoms with E-state index in [4.69, 9.17) is 5.26 Å². The molecule has 0 aliphatic carbocycles. The van der Waals surface area contributed by atoms with Crippen LogP contribution in [0.5, 0.6) is 0 Å². The van der Waals surface area contributed by atoms with Crippen LogP contribution >= 0.6 is 0 Å².